The first-order valence-electron chi connectivity index (χ1n) is 5.92. The Balaban J connectivity index is 2.71. The molecular formula is C13H17N3O3. The Hall–Kier alpha value is -2.21. The van der Waals surface area contributed by atoms with Crippen molar-refractivity contribution in [2.75, 3.05) is 13.1 Å². The monoisotopic (exact) mass is 263 g/mol. The van der Waals surface area contributed by atoms with Crippen molar-refractivity contribution in [3.8, 4) is 0 Å². The van der Waals surface area contributed by atoms with Crippen LogP contribution in [0.4, 0.5) is 0 Å². The zero-order valence-electron chi connectivity index (χ0n) is 10.5. The summed E-state index contributed by atoms with van der Waals surface area (Å²) in [5.41, 5.74) is 6.12. The van der Waals surface area contributed by atoms with E-state index >= 15 is 0 Å². The lowest BCUT2D eigenvalue weighted by atomic mass is 10.1. The van der Waals surface area contributed by atoms with Crippen LogP contribution in [0.15, 0.2) is 30.3 Å². The molecule has 0 aliphatic carbocycles. The molecule has 0 saturated heterocycles. The molecule has 1 aromatic rings. The SMILES string of the molecule is NCC(=O)N[C@@H](Cc1ccccc1)C(=O)NCC=O. The molecule has 0 aliphatic heterocycles. The van der Waals surface area contributed by atoms with E-state index in [9.17, 15) is 14.4 Å². The van der Waals surface area contributed by atoms with Gasteiger partial charge in [-0.05, 0) is 5.56 Å². The number of nitrogens with one attached hydrogen (secondary N) is 2. The summed E-state index contributed by atoms with van der Waals surface area (Å²) < 4.78 is 0. The zero-order chi connectivity index (χ0) is 14.1. The molecule has 6 heteroatoms. The van der Waals surface area contributed by atoms with E-state index in [1.165, 1.54) is 0 Å². The summed E-state index contributed by atoms with van der Waals surface area (Å²) in [5.74, 6) is -0.820. The molecule has 0 spiro atoms. The molecule has 0 unspecified atom stereocenters. The fraction of sp³-hybridized carbons (Fsp3) is 0.308. The average molecular weight is 263 g/mol. The molecule has 4 N–H and O–H groups in total. The second kappa shape index (κ2) is 7.99. The second-order valence-electron chi connectivity index (χ2n) is 3.93. The molecular weight excluding hydrogens is 246 g/mol. The van der Waals surface area contributed by atoms with Crippen molar-refractivity contribution in [1.82, 2.24) is 10.6 Å². The number of carbonyl (C=O) groups is 3. The van der Waals surface area contributed by atoms with Crippen LogP contribution in [-0.2, 0) is 20.8 Å². The van der Waals surface area contributed by atoms with E-state index in [0.717, 1.165) is 5.56 Å². The smallest absolute Gasteiger partial charge is 0.243 e. The van der Waals surface area contributed by atoms with Crippen molar-refractivity contribution < 1.29 is 14.4 Å². The number of rotatable bonds is 7. The van der Waals surface area contributed by atoms with E-state index in [2.05, 4.69) is 10.6 Å². The normalized spacial score (nSPS) is 11.4. The van der Waals surface area contributed by atoms with Gasteiger partial charge in [0, 0.05) is 6.42 Å². The second-order valence-corrected chi connectivity index (χ2v) is 3.93. The molecule has 1 rings (SSSR count). The van der Waals surface area contributed by atoms with Crippen molar-refractivity contribution in [3.05, 3.63) is 35.9 Å². The number of nitrogens with two attached hydrogens (primary N) is 1. The Morgan fingerprint density at radius 2 is 1.95 bits per heavy atom. The highest BCUT2D eigenvalue weighted by Gasteiger charge is 2.20. The van der Waals surface area contributed by atoms with E-state index in [4.69, 9.17) is 5.73 Å². The number of amides is 2. The minimum Gasteiger partial charge on any atom is -0.348 e. The van der Waals surface area contributed by atoms with E-state index < -0.39 is 17.9 Å². The van der Waals surface area contributed by atoms with Crippen LogP contribution in [0.25, 0.3) is 0 Å². The van der Waals surface area contributed by atoms with Gasteiger partial charge in [0.1, 0.15) is 12.3 Å². The van der Waals surface area contributed by atoms with Crippen LogP contribution in [0.2, 0.25) is 0 Å². The molecule has 1 aromatic carbocycles. The summed E-state index contributed by atoms with van der Waals surface area (Å²) in [4.78, 5) is 33.4. The number of carbonyl (C=O) groups excluding carboxylic acids is 3. The van der Waals surface area contributed by atoms with Gasteiger partial charge in [0.05, 0.1) is 13.1 Å². The lowest BCUT2D eigenvalue weighted by Gasteiger charge is -2.17. The average Bonchev–Trinajstić information content (AvgIpc) is 2.44. The van der Waals surface area contributed by atoms with Crippen molar-refractivity contribution in [2.45, 2.75) is 12.5 Å². The van der Waals surface area contributed by atoms with Crippen molar-refractivity contribution in [3.63, 3.8) is 0 Å². The topological polar surface area (TPSA) is 101 Å². The predicted octanol–water partition coefficient (Wildman–Crippen LogP) is -1.01. The Morgan fingerprint density at radius 1 is 1.26 bits per heavy atom. The van der Waals surface area contributed by atoms with Gasteiger partial charge in [0.15, 0.2) is 0 Å². The van der Waals surface area contributed by atoms with Crippen LogP contribution in [0.3, 0.4) is 0 Å². The molecule has 0 saturated carbocycles. The first-order valence-corrected chi connectivity index (χ1v) is 5.92. The summed E-state index contributed by atoms with van der Waals surface area (Å²) in [6, 6.07) is 8.53. The molecule has 0 aliphatic rings. The fourth-order valence-electron chi connectivity index (χ4n) is 1.58. The van der Waals surface area contributed by atoms with Crippen molar-refractivity contribution in [1.29, 1.82) is 0 Å². The van der Waals surface area contributed by atoms with Gasteiger partial charge >= 0.3 is 0 Å². The maximum Gasteiger partial charge on any atom is 0.243 e. The molecule has 19 heavy (non-hydrogen) atoms. The van der Waals surface area contributed by atoms with Crippen molar-refractivity contribution in [2.24, 2.45) is 5.73 Å². The lowest BCUT2D eigenvalue weighted by Crippen LogP contribution is -2.49. The summed E-state index contributed by atoms with van der Waals surface area (Å²) in [5, 5.41) is 4.95. The summed E-state index contributed by atoms with van der Waals surface area (Å²) >= 11 is 0. The van der Waals surface area contributed by atoms with Crippen LogP contribution in [0, 0.1) is 0 Å². The Bertz CT molecular complexity index is 434. The molecule has 0 aromatic heterocycles. The van der Waals surface area contributed by atoms with E-state index in [0.29, 0.717) is 12.7 Å². The molecule has 0 heterocycles. The Morgan fingerprint density at radius 3 is 2.53 bits per heavy atom. The number of hydrogen-bond acceptors (Lipinski definition) is 4. The third kappa shape index (κ3) is 5.31. The first kappa shape index (κ1) is 14.8. The quantitative estimate of drug-likeness (QED) is 0.548. The van der Waals surface area contributed by atoms with Crippen molar-refractivity contribution >= 4 is 18.1 Å². The van der Waals surface area contributed by atoms with Crippen LogP contribution in [0.5, 0.6) is 0 Å². The van der Waals surface area contributed by atoms with Gasteiger partial charge in [-0.15, -0.1) is 0 Å². The summed E-state index contributed by atoms with van der Waals surface area (Å²) in [7, 11) is 0. The molecule has 102 valence electrons. The van der Waals surface area contributed by atoms with Crippen LogP contribution >= 0.6 is 0 Å². The third-order valence-electron chi connectivity index (χ3n) is 2.48. The van der Waals surface area contributed by atoms with E-state index in [1.54, 1.807) is 0 Å². The van der Waals surface area contributed by atoms with Gasteiger partial charge in [-0.1, -0.05) is 30.3 Å². The molecule has 1 atom stereocenters. The maximum absolute atomic E-state index is 11.8. The highest BCUT2D eigenvalue weighted by Crippen LogP contribution is 2.03. The predicted molar refractivity (Wildman–Crippen MR) is 70.2 cm³/mol. The van der Waals surface area contributed by atoms with Crippen LogP contribution < -0.4 is 16.4 Å². The van der Waals surface area contributed by atoms with Gasteiger partial charge in [0.2, 0.25) is 11.8 Å². The highest BCUT2D eigenvalue weighted by atomic mass is 16.2. The number of hydrogen-bond donors (Lipinski definition) is 3. The molecule has 0 bridgehead atoms. The van der Waals surface area contributed by atoms with Crippen LogP contribution in [-0.4, -0.2) is 37.2 Å². The van der Waals surface area contributed by atoms with Gasteiger partial charge in [-0.25, -0.2) is 0 Å². The summed E-state index contributed by atoms with van der Waals surface area (Å²) in [6.07, 6.45) is 0.930. The third-order valence-corrected chi connectivity index (χ3v) is 2.48. The Kier molecular flexibility index (Phi) is 6.25. The van der Waals surface area contributed by atoms with E-state index in [1.807, 2.05) is 30.3 Å². The standard InChI is InChI=1S/C13H17N3O3/c14-9-12(18)16-11(13(19)15-6-7-17)8-10-4-2-1-3-5-10/h1-5,7,11H,6,8-9,14H2,(H,15,19)(H,16,18)/t11-/m0/s1. The van der Waals surface area contributed by atoms with Gasteiger partial charge in [-0.3, -0.25) is 9.59 Å². The molecule has 6 nitrogen and oxygen atoms in total. The van der Waals surface area contributed by atoms with E-state index in [-0.39, 0.29) is 13.1 Å². The zero-order valence-corrected chi connectivity index (χ0v) is 10.5. The lowest BCUT2D eigenvalue weighted by molar-refractivity contribution is -0.128. The van der Waals surface area contributed by atoms with Crippen LogP contribution in [0.1, 0.15) is 5.56 Å². The largest absolute Gasteiger partial charge is 0.348 e. The highest BCUT2D eigenvalue weighted by molar-refractivity contribution is 5.89. The van der Waals surface area contributed by atoms with Gasteiger partial charge < -0.3 is 21.2 Å². The minimum absolute atomic E-state index is 0.0807. The summed E-state index contributed by atoms with van der Waals surface area (Å²) in [6.45, 7) is -0.269. The first-order chi connectivity index (χ1) is 9.17. The Labute approximate surface area is 111 Å². The number of aldehydes is 1. The molecule has 2 amide bonds. The molecule has 0 radical (unpaired) electrons. The molecule has 0 fully saturated rings. The van der Waals surface area contributed by atoms with Gasteiger partial charge in [0.25, 0.3) is 0 Å². The fourth-order valence-corrected chi connectivity index (χ4v) is 1.58. The van der Waals surface area contributed by atoms with Gasteiger partial charge in [-0.2, -0.15) is 0 Å². The maximum atomic E-state index is 11.8. The number of benzene rings is 1. The minimum atomic E-state index is -0.738.